The van der Waals surface area contributed by atoms with Crippen molar-refractivity contribution in [3.8, 4) is 0 Å². The molecular weight excluding hydrogens is 204 g/mol. The Bertz CT molecular complexity index is 370. The van der Waals surface area contributed by atoms with E-state index in [4.69, 9.17) is 5.73 Å². The van der Waals surface area contributed by atoms with Crippen molar-refractivity contribution in [2.45, 2.75) is 44.8 Å². The fourth-order valence-corrected chi connectivity index (χ4v) is 1.79. The minimum absolute atomic E-state index is 0.0796. The van der Waals surface area contributed by atoms with Gasteiger partial charge in [-0.3, -0.25) is 4.79 Å². The molecule has 0 bridgehead atoms. The molecule has 1 atom stereocenters. The van der Waals surface area contributed by atoms with Crippen LogP contribution in [0.25, 0.3) is 0 Å². The first-order chi connectivity index (χ1) is 7.66. The predicted octanol–water partition coefficient (Wildman–Crippen LogP) is 0.571. The van der Waals surface area contributed by atoms with E-state index < -0.39 is 0 Å². The van der Waals surface area contributed by atoms with Gasteiger partial charge in [0.15, 0.2) is 0 Å². The van der Waals surface area contributed by atoms with E-state index in [9.17, 15) is 4.79 Å². The lowest BCUT2D eigenvalue weighted by molar-refractivity contribution is -0.118. The van der Waals surface area contributed by atoms with Gasteiger partial charge >= 0.3 is 0 Å². The van der Waals surface area contributed by atoms with Crippen molar-refractivity contribution in [2.75, 3.05) is 0 Å². The Morgan fingerprint density at radius 2 is 2.50 bits per heavy atom. The number of carbonyl (C=O) groups is 1. The molecule has 0 saturated heterocycles. The first-order valence-electron chi connectivity index (χ1n) is 5.69. The number of primary amides is 1. The summed E-state index contributed by atoms with van der Waals surface area (Å²) in [6, 6.07) is 0.755. The molecule has 1 aromatic heterocycles. The smallest absolute Gasteiger partial charge is 0.219 e. The number of hydrogen-bond donors (Lipinski definition) is 2. The zero-order chi connectivity index (χ0) is 11.5. The molecule has 5 nitrogen and oxygen atoms in total. The van der Waals surface area contributed by atoms with Crippen LogP contribution in [-0.2, 0) is 11.3 Å². The fourth-order valence-electron chi connectivity index (χ4n) is 1.79. The monoisotopic (exact) mass is 222 g/mol. The molecule has 0 aliphatic heterocycles. The van der Waals surface area contributed by atoms with Gasteiger partial charge in [-0.1, -0.05) is 0 Å². The highest BCUT2D eigenvalue weighted by Crippen LogP contribution is 2.20. The summed E-state index contributed by atoms with van der Waals surface area (Å²) < 4.78 is 2.01. The van der Waals surface area contributed by atoms with E-state index >= 15 is 0 Å². The molecule has 1 aromatic rings. The highest BCUT2D eigenvalue weighted by molar-refractivity contribution is 5.74. The van der Waals surface area contributed by atoms with Crippen LogP contribution in [0.1, 0.15) is 37.9 Å². The molecule has 1 aliphatic rings. The Morgan fingerprint density at radius 3 is 3.12 bits per heavy atom. The molecule has 88 valence electrons. The molecule has 0 radical (unpaired) electrons. The zero-order valence-electron chi connectivity index (χ0n) is 9.52. The molecule has 1 aliphatic carbocycles. The lowest BCUT2D eigenvalue weighted by Crippen LogP contribution is -2.22. The maximum absolute atomic E-state index is 10.9. The van der Waals surface area contributed by atoms with Crippen LogP contribution in [0.3, 0.4) is 0 Å². The molecule has 1 heterocycles. The third-order valence-corrected chi connectivity index (χ3v) is 2.87. The molecule has 1 unspecified atom stereocenters. The molecule has 0 aromatic carbocycles. The van der Waals surface area contributed by atoms with Gasteiger partial charge < -0.3 is 15.6 Å². The summed E-state index contributed by atoms with van der Waals surface area (Å²) in [5.41, 5.74) is 6.31. The van der Waals surface area contributed by atoms with Gasteiger partial charge in [0.2, 0.25) is 5.91 Å². The minimum atomic E-state index is -0.276. The number of imidazole rings is 1. The SMILES string of the molecule is CC(CC(N)=O)n1cncc1CNC1CC1. The van der Waals surface area contributed by atoms with Crippen LogP contribution in [0, 0.1) is 0 Å². The number of rotatable bonds is 6. The van der Waals surface area contributed by atoms with Gasteiger partial charge in [-0.05, 0) is 19.8 Å². The molecule has 3 N–H and O–H groups in total. The molecule has 16 heavy (non-hydrogen) atoms. The molecule has 2 rings (SSSR count). The molecular formula is C11H18N4O. The topological polar surface area (TPSA) is 72.9 Å². The number of nitrogens with two attached hydrogens (primary N) is 1. The summed E-state index contributed by atoms with van der Waals surface area (Å²) in [5.74, 6) is -0.276. The zero-order valence-corrected chi connectivity index (χ0v) is 9.52. The number of amides is 1. The van der Waals surface area contributed by atoms with Crippen LogP contribution in [0.4, 0.5) is 0 Å². The predicted molar refractivity (Wildman–Crippen MR) is 60.6 cm³/mol. The number of carbonyl (C=O) groups excluding carboxylic acids is 1. The maximum atomic E-state index is 10.9. The van der Waals surface area contributed by atoms with E-state index in [0.717, 1.165) is 12.2 Å². The van der Waals surface area contributed by atoms with E-state index in [1.807, 2.05) is 17.7 Å². The normalized spacial score (nSPS) is 17.3. The van der Waals surface area contributed by atoms with Gasteiger partial charge in [0.1, 0.15) is 0 Å². The van der Waals surface area contributed by atoms with Crippen LogP contribution < -0.4 is 11.1 Å². The largest absolute Gasteiger partial charge is 0.370 e. The van der Waals surface area contributed by atoms with Crippen LogP contribution in [0.15, 0.2) is 12.5 Å². The Morgan fingerprint density at radius 1 is 1.75 bits per heavy atom. The minimum Gasteiger partial charge on any atom is -0.370 e. The van der Waals surface area contributed by atoms with Gasteiger partial charge in [0.25, 0.3) is 0 Å². The van der Waals surface area contributed by atoms with E-state index in [1.165, 1.54) is 12.8 Å². The average molecular weight is 222 g/mol. The van der Waals surface area contributed by atoms with Crippen LogP contribution in [0.5, 0.6) is 0 Å². The van der Waals surface area contributed by atoms with Crippen LogP contribution in [-0.4, -0.2) is 21.5 Å². The number of nitrogens with zero attached hydrogens (tertiary/aromatic N) is 2. The fraction of sp³-hybridized carbons (Fsp3) is 0.636. The van der Waals surface area contributed by atoms with Crippen molar-refractivity contribution in [3.63, 3.8) is 0 Å². The van der Waals surface area contributed by atoms with Gasteiger partial charge in [-0.2, -0.15) is 0 Å². The summed E-state index contributed by atoms with van der Waals surface area (Å²) >= 11 is 0. The van der Waals surface area contributed by atoms with Crippen molar-refractivity contribution in [3.05, 3.63) is 18.2 Å². The van der Waals surface area contributed by atoms with Crippen molar-refractivity contribution in [1.82, 2.24) is 14.9 Å². The number of nitrogens with one attached hydrogen (secondary N) is 1. The maximum Gasteiger partial charge on any atom is 0.219 e. The Kier molecular flexibility index (Phi) is 3.24. The van der Waals surface area contributed by atoms with E-state index in [-0.39, 0.29) is 11.9 Å². The van der Waals surface area contributed by atoms with E-state index in [1.54, 1.807) is 6.33 Å². The average Bonchev–Trinajstić information content (AvgIpc) is 2.91. The quantitative estimate of drug-likeness (QED) is 0.739. The first-order valence-corrected chi connectivity index (χ1v) is 5.69. The van der Waals surface area contributed by atoms with Crippen molar-refractivity contribution < 1.29 is 4.79 Å². The number of hydrogen-bond acceptors (Lipinski definition) is 3. The highest BCUT2D eigenvalue weighted by Gasteiger charge is 2.21. The van der Waals surface area contributed by atoms with Gasteiger partial charge in [0, 0.05) is 31.2 Å². The van der Waals surface area contributed by atoms with Gasteiger partial charge in [0.05, 0.1) is 12.0 Å². The summed E-state index contributed by atoms with van der Waals surface area (Å²) in [5, 5.41) is 3.43. The van der Waals surface area contributed by atoms with E-state index in [2.05, 4.69) is 10.3 Å². The summed E-state index contributed by atoms with van der Waals surface area (Å²) in [7, 11) is 0. The second-order valence-electron chi connectivity index (χ2n) is 4.47. The molecule has 0 spiro atoms. The second-order valence-corrected chi connectivity index (χ2v) is 4.47. The van der Waals surface area contributed by atoms with Gasteiger partial charge in [-0.25, -0.2) is 4.98 Å². The Balaban J connectivity index is 1.96. The number of aromatic nitrogens is 2. The summed E-state index contributed by atoms with van der Waals surface area (Å²) in [6.45, 7) is 2.79. The van der Waals surface area contributed by atoms with Crippen molar-refractivity contribution in [2.24, 2.45) is 5.73 Å². The van der Waals surface area contributed by atoms with Crippen molar-refractivity contribution in [1.29, 1.82) is 0 Å². The lowest BCUT2D eigenvalue weighted by atomic mass is 10.2. The molecule has 1 amide bonds. The first kappa shape index (κ1) is 11.1. The second kappa shape index (κ2) is 4.65. The lowest BCUT2D eigenvalue weighted by Gasteiger charge is -2.15. The third-order valence-electron chi connectivity index (χ3n) is 2.87. The van der Waals surface area contributed by atoms with Crippen LogP contribution in [0.2, 0.25) is 0 Å². The third kappa shape index (κ3) is 2.82. The highest BCUT2D eigenvalue weighted by atomic mass is 16.1. The van der Waals surface area contributed by atoms with Gasteiger partial charge in [-0.15, -0.1) is 0 Å². The standard InChI is InChI=1S/C11H18N4O/c1-8(4-11(12)16)15-7-13-5-10(15)6-14-9-2-3-9/h5,7-9,14H,2-4,6H2,1H3,(H2,12,16). The molecule has 5 heteroatoms. The molecule has 1 saturated carbocycles. The molecule has 1 fully saturated rings. The summed E-state index contributed by atoms with van der Waals surface area (Å²) in [4.78, 5) is 15.0. The van der Waals surface area contributed by atoms with Crippen LogP contribution >= 0.6 is 0 Å². The van der Waals surface area contributed by atoms with E-state index in [0.29, 0.717) is 12.5 Å². The van der Waals surface area contributed by atoms with Crippen molar-refractivity contribution >= 4 is 5.91 Å². The Labute approximate surface area is 95.0 Å². The Hall–Kier alpha value is -1.36. The summed E-state index contributed by atoms with van der Waals surface area (Å²) in [6.07, 6.45) is 6.49.